The molecule has 3 nitrogen and oxygen atoms in total. The average Bonchev–Trinajstić information content (AvgIpc) is 2.65. The van der Waals surface area contributed by atoms with Crippen molar-refractivity contribution in [3.05, 3.63) is 0 Å². The third kappa shape index (κ3) is 4.52. The van der Waals surface area contributed by atoms with Gasteiger partial charge in [0.15, 0.2) is 0 Å². The molecule has 16 heavy (non-hydrogen) atoms. The number of amides is 1. The molecular weight excluding hydrogens is 200 g/mol. The fraction of sp³-hybridized carbons (Fsp3) is 0.923. The van der Waals surface area contributed by atoms with Crippen molar-refractivity contribution in [2.75, 3.05) is 6.54 Å². The van der Waals surface area contributed by atoms with Crippen molar-refractivity contribution < 1.29 is 4.79 Å². The molecule has 1 rings (SSSR count). The van der Waals surface area contributed by atoms with Crippen molar-refractivity contribution in [2.45, 2.75) is 58.9 Å². The molecule has 0 heterocycles. The van der Waals surface area contributed by atoms with Gasteiger partial charge < -0.3 is 11.1 Å². The van der Waals surface area contributed by atoms with Crippen molar-refractivity contribution in [3.8, 4) is 0 Å². The predicted molar refractivity (Wildman–Crippen MR) is 67.0 cm³/mol. The molecule has 0 aromatic heterocycles. The Morgan fingerprint density at radius 1 is 1.38 bits per heavy atom. The van der Waals surface area contributed by atoms with Gasteiger partial charge in [-0.15, -0.1) is 0 Å². The van der Waals surface area contributed by atoms with Crippen molar-refractivity contribution in [1.82, 2.24) is 5.32 Å². The SMILES string of the molecule is CC(C)(C)CC(CN)C(=O)NC1CCCC1. The molecule has 3 heteroatoms. The van der Waals surface area contributed by atoms with E-state index < -0.39 is 0 Å². The molecular formula is C13H26N2O. The molecule has 1 saturated carbocycles. The van der Waals surface area contributed by atoms with Crippen LogP contribution in [0.1, 0.15) is 52.9 Å². The van der Waals surface area contributed by atoms with Crippen molar-refractivity contribution in [3.63, 3.8) is 0 Å². The van der Waals surface area contributed by atoms with Crippen LogP contribution in [0.5, 0.6) is 0 Å². The van der Waals surface area contributed by atoms with Crippen LogP contribution in [-0.2, 0) is 4.79 Å². The smallest absolute Gasteiger partial charge is 0.224 e. The number of rotatable bonds is 4. The van der Waals surface area contributed by atoms with E-state index in [1.807, 2.05) is 0 Å². The molecule has 0 aromatic rings. The molecule has 1 aliphatic rings. The minimum atomic E-state index is -0.0272. The molecule has 1 unspecified atom stereocenters. The van der Waals surface area contributed by atoms with Crippen LogP contribution in [0.25, 0.3) is 0 Å². The summed E-state index contributed by atoms with van der Waals surface area (Å²) in [4.78, 5) is 12.0. The van der Waals surface area contributed by atoms with Gasteiger partial charge >= 0.3 is 0 Å². The van der Waals surface area contributed by atoms with Crippen LogP contribution in [0.3, 0.4) is 0 Å². The predicted octanol–water partition coefficient (Wildman–Crippen LogP) is 2.06. The standard InChI is InChI=1S/C13H26N2O/c1-13(2,3)8-10(9-14)12(16)15-11-6-4-5-7-11/h10-11H,4-9,14H2,1-3H3,(H,15,16). The maximum atomic E-state index is 12.0. The van der Waals surface area contributed by atoms with E-state index in [4.69, 9.17) is 5.73 Å². The molecule has 1 aliphatic carbocycles. The first kappa shape index (κ1) is 13.5. The van der Waals surface area contributed by atoms with Gasteiger partial charge in [0.1, 0.15) is 0 Å². The van der Waals surface area contributed by atoms with Crippen molar-refractivity contribution >= 4 is 5.91 Å². The minimum absolute atomic E-state index is 0.0272. The van der Waals surface area contributed by atoms with Gasteiger partial charge in [0.05, 0.1) is 5.92 Å². The monoisotopic (exact) mass is 226 g/mol. The van der Waals surface area contributed by atoms with Crippen LogP contribution in [0.15, 0.2) is 0 Å². The summed E-state index contributed by atoms with van der Waals surface area (Å²) in [6.45, 7) is 6.91. The zero-order valence-electron chi connectivity index (χ0n) is 10.9. The molecule has 3 N–H and O–H groups in total. The van der Waals surface area contributed by atoms with Crippen LogP contribution in [0.4, 0.5) is 0 Å². The highest BCUT2D eigenvalue weighted by atomic mass is 16.1. The van der Waals surface area contributed by atoms with E-state index in [9.17, 15) is 4.79 Å². The summed E-state index contributed by atoms with van der Waals surface area (Å²) in [5.74, 6) is 0.130. The minimum Gasteiger partial charge on any atom is -0.353 e. The summed E-state index contributed by atoms with van der Waals surface area (Å²) in [5.41, 5.74) is 5.86. The van der Waals surface area contributed by atoms with E-state index in [1.165, 1.54) is 12.8 Å². The fourth-order valence-corrected chi connectivity index (χ4v) is 2.41. The van der Waals surface area contributed by atoms with Crippen LogP contribution < -0.4 is 11.1 Å². The molecule has 0 saturated heterocycles. The van der Waals surface area contributed by atoms with Gasteiger partial charge in [-0.05, 0) is 24.7 Å². The summed E-state index contributed by atoms with van der Waals surface area (Å²) in [6, 6.07) is 0.404. The number of carbonyl (C=O) groups is 1. The highest BCUT2D eigenvalue weighted by Gasteiger charge is 2.26. The topological polar surface area (TPSA) is 55.1 Å². The molecule has 0 aliphatic heterocycles. The molecule has 1 amide bonds. The molecule has 0 radical (unpaired) electrons. The quantitative estimate of drug-likeness (QED) is 0.771. The summed E-state index contributed by atoms with van der Waals surface area (Å²) in [5, 5.41) is 3.13. The third-order valence-corrected chi connectivity index (χ3v) is 3.22. The van der Waals surface area contributed by atoms with Gasteiger partial charge in [-0.25, -0.2) is 0 Å². The van der Waals surface area contributed by atoms with E-state index in [0.29, 0.717) is 12.6 Å². The Labute approximate surface area is 99.2 Å². The summed E-state index contributed by atoms with van der Waals surface area (Å²) < 4.78 is 0. The van der Waals surface area contributed by atoms with Gasteiger partial charge in [-0.1, -0.05) is 33.6 Å². The molecule has 0 bridgehead atoms. The largest absolute Gasteiger partial charge is 0.353 e. The molecule has 1 atom stereocenters. The Balaban J connectivity index is 2.42. The molecule has 94 valence electrons. The van der Waals surface area contributed by atoms with E-state index in [0.717, 1.165) is 19.3 Å². The molecule has 1 fully saturated rings. The number of hydrogen-bond donors (Lipinski definition) is 2. The lowest BCUT2D eigenvalue weighted by Gasteiger charge is -2.25. The van der Waals surface area contributed by atoms with Crippen LogP contribution >= 0.6 is 0 Å². The lowest BCUT2D eigenvalue weighted by molar-refractivity contribution is -0.126. The number of nitrogens with two attached hydrogens (primary N) is 1. The Hall–Kier alpha value is -0.570. The average molecular weight is 226 g/mol. The number of nitrogens with one attached hydrogen (secondary N) is 1. The lowest BCUT2D eigenvalue weighted by atomic mass is 9.84. The maximum Gasteiger partial charge on any atom is 0.224 e. The van der Waals surface area contributed by atoms with E-state index in [-0.39, 0.29) is 17.2 Å². The second-order valence-electron chi connectivity index (χ2n) is 6.19. The fourth-order valence-electron chi connectivity index (χ4n) is 2.41. The lowest BCUT2D eigenvalue weighted by Crippen LogP contribution is -2.41. The maximum absolute atomic E-state index is 12.0. The van der Waals surface area contributed by atoms with Gasteiger partial charge in [-0.3, -0.25) is 4.79 Å². The highest BCUT2D eigenvalue weighted by Crippen LogP contribution is 2.25. The van der Waals surface area contributed by atoms with Crippen molar-refractivity contribution in [2.24, 2.45) is 17.1 Å². The van der Waals surface area contributed by atoms with Crippen LogP contribution in [0.2, 0.25) is 0 Å². The Morgan fingerprint density at radius 3 is 2.38 bits per heavy atom. The summed E-state index contributed by atoms with van der Waals surface area (Å²) in [7, 11) is 0. The van der Waals surface area contributed by atoms with Gasteiger partial charge in [0, 0.05) is 12.6 Å². The van der Waals surface area contributed by atoms with E-state index in [2.05, 4.69) is 26.1 Å². The first-order chi connectivity index (χ1) is 7.42. The molecule has 0 aromatic carbocycles. The van der Waals surface area contributed by atoms with Gasteiger partial charge in [0.2, 0.25) is 5.91 Å². The number of hydrogen-bond acceptors (Lipinski definition) is 2. The van der Waals surface area contributed by atoms with E-state index in [1.54, 1.807) is 0 Å². The van der Waals surface area contributed by atoms with Crippen molar-refractivity contribution in [1.29, 1.82) is 0 Å². The first-order valence-electron chi connectivity index (χ1n) is 6.43. The van der Waals surface area contributed by atoms with Crippen LogP contribution in [-0.4, -0.2) is 18.5 Å². The van der Waals surface area contributed by atoms with E-state index >= 15 is 0 Å². The van der Waals surface area contributed by atoms with Gasteiger partial charge in [-0.2, -0.15) is 0 Å². The highest BCUT2D eigenvalue weighted by molar-refractivity contribution is 5.79. The zero-order chi connectivity index (χ0) is 12.2. The number of carbonyl (C=O) groups excluding carboxylic acids is 1. The Kier molecular flexibility index (Phi) is 4.78. The second kappa shape index (κ2) is 5.67. The summed E-state index contributed by atoms with van der Waals surface area (Å²) >= 11 is 0. The molecule has 0 spiro atoms. The Bertz CT molecular complexity index is 227. The third-order valence-electron chi connectivity index (χ3n) is 3.22. The Morgan fingerprint density at radius 2 is 1.94 bits per heavy atom. The second-order valence-corrected chi connectivity index (χ2v) is 6.19. The first-order valence-corrected chi connectivity index (χ1v) is 6.43. The normalized spacial score (nSPS) is 19.8. The van der Waals surface area contributed by atoms with Gasteiger partial charge in [0.25, 0.3) is 0 Å². The zero-order valence-corrected chi connectivity index (χ0v) is 10.9. The van der Waals surface area contributed by atoms with Crippen LogP contribution in [0, 0.1) is 11.3 Å². The summed E-state index contributed by atoms with van der Waals surface area (Å²) in [6.07, 6.45) is 5.63.